The third kappa shape index (κ3) is 2.93. The Morgan fingerprint density at radius 1 is 1.14 bits per heavy atom. The highest BCUT2D eigenvalue weighted by atomic mass is 15.2. The first-order valence-corrected chi connectivity index (χ1v) is 7.63. The predicted molar refractivity (Wildman–Crippen MR) is 85.8 cm³/mol. The zero-order chi connectivity index (χ0) is 15.5. The predicted octanol–water partition coefficient (Wildman–Crippen LogP) is 3.32. The Kier molecular flexibility index (Phi) is 4.04. The quantitative estimate of drug-likeness (QED) is 0.785. The average Bonchev–Trinajstić information content (AvgIpc) is 3.16. The van der Waals surface area contributed by atoms with E-state index in [-0.39, 0.29) is 6.04 Å². The number of aromatic amines is 1. The van der Waals surface area contributed by atoms with Crippen LogP contribution in [0.3, 0.4) is 0 Å². The van der Waals surface area contributed by atoms with Gasteiger partial charge < -0.3 is 4.57 Å². The topological polar surface area (TPSA) is 59.4 Å². The fourth-order valence-electron chi connectivity index (χ4n) is 2.59. The molecule has 5 nitrogen and oxygen atoms in total. The van der Waals surface area contributed by atoms with Gasteiger partial charge in [-0.2, -0.15) is 5.10 Å². The van der Waals surface area contributed by atoms with Crippen molar-refractivity contribution in [1.29, 1.82) is 0 Å². The summed E-state index contributed by atoms with van der Waals surface area (Å²) in [4.78, 5) is 9.08. The van der Waals surface area contributed by atoms with E-state index < -0.39 is 0 Å². The molecule has 2 heterocycles. The fraction of sp³-hybridized carbons (Fsp3) is 0.353. The molecule has 1 N–H and O–H groups in total. The summed E-state index contributed by atoms with van der Waals surface area (Å²) < 4.78 is 2.14. The molecule has 0 bridgehead atoms. The van der Waals surface area contributed by atoms with E-state index in [1.165, 1.54) is 5.56 Å². The van der Waals surface area contributed by atoms with Gasteiger partial charge in [0.15, 0.2) is 5.82 Å². The molecule has 0 aliphatic heterocycles. The van der Waals surface area contributed by atoms with Crippen molar-refractivity contribution in [3.05, 3.63) is 65.8 Å². The van der Waals surface area contributed by atoms with Gasteiger partial charge in [0.2, 0.25) is 0 Å². The molecule has 22 heavy (non-hydrogen) atoms. The minimum atomic E-state index is 0.0701. The van der Waals surface area contributed by atoms with Gasteiger partial charge in [0.05, 0.1) is 6.04 Å². The molecule has 1 atom stereocenters. The molecule has 0 radical (unpaired) electrons. The lowest BCUT2D eigenvalue weighted by molar-refractivity contribution is 0.554. The Morgan fingerprint density at radius 2 is 1.91 bits per heavy atom. The number of H-pyrrole nitrogens is 1. The highest BCUT2D eigenvalue weighted by molar-refractivity contribution is 5.19. The van der Waals surface area contributed by atoms with E-state index in [9.17, 15) is 0 Å². The minimum Gasteiger partial charge on any atom is -0.324 e. The Bertz CT molecular complexity index is 726. The second kappa shape index (κ2) is 6.13. The maximum absolute atomic E-state index is 4.65. The molecular weight excluding hydrogens is 274 g/mol. The molecule has 3 rings (SSSR count). The molecule has 1 aromatic carbocycles. The van der Waals surface area contributed by atoms with Gasteiger partial charge in [-0.1, -0.05) is 44.2 Å². The summed E-state index contributed by atoms with van der Waals surface area (Å²) in [5, 5.41) is 7.43. The Hall–Kier alpha value is -2.43. The number of nitrogens with one attached hydrogen (secondary N) is 1. The summed E-state index contributed by atoms with van der Waals surface area (Å²) in [6.07, 6.45) is 4.60. The lowest BCUT2D eigenvalue weighted by atomic mass is 10.1. The van der Waals surface area contributed by atoms with Gasteiger partial charge in [-0.15, -0.1) is 0 Å². The van der Waals surface area contributed by atoms with Gasteiger partial charge in [0.25, 0.3) is 0 Å². The Morgan fingerprint density at radius 3 is 2.64 bits per heavy atom. The first-order chi connectivity index (χ1) is 10.6. The SMILES string of the molecule is CC(C)c1nccn1[C@H](C)c1n[nH]c(Cc2ccccc2)n1. The molecule has 0 saturated heterocycles. The van der Waals surface area contributed by atoms with Gasteiger partial charge in [0, 0.05) is 24.7 Å². The minimum absolute atomic E-state index is 0.0701. The molecule has 114 valence electrons. The fourth-order valence-corrected chi connectivity index (χ4v) is 2.59. The van der Waals surface area contributed by atoms with E-state index in [0.717, 1.165) is 23.9 Å². The largest absolute Gasteiger partial charge is 0.324 e. The van der Waals surface area contributed by atoms with Gasteiger partial charge in [-0.25, -0.2) is 9.97 Å². The number of nitrogens with zero attached hydrogens (tertiary/aromatic N) is 4. The molecule has 0 saturated carbocycles. The van der Waals surface area contributed by atoms with Crippen LogP contribution in [0.1, 0.15) is 55.8 Å². The number of benzene rings is 1. The first-order valence-electron chi connectivity index (χ1n) is 7.63. The summed E-state index contributed by atoms with van der Waals surface area (Å²) in [5.74, 6) is 3.12. The highest BCUT2D eigenvalue weighted by Crippen LogP contribution is 2.21. The summed E-state index contributed by atoms with van der Waals surface area (Å²) in [7, 11) is 0. The van der Waals surface area contributed by atoms with E-state index in [2.05, 4.69) is 57.6 Å². The van der Waals surface area contributed by atoms with Crippen molar-refractivity contribution in [1.82, 2.24) is 24.7 Å². The van der Waals surface area contributed by atoms with Crippen LogP contribution in [0, 0.1) is 0 Å². The van der Waals surface area contributed by atoms with Crippen LogP contribution in [-0.4, -0.2) is 24.7 Å². The normalized spacial score (nSPS) is 12.7. The number of hydrogen-bond donors (Lipinski definition) is 1. The maximum atomic E-state index is 4.65. The van der Waals surface area contributed by atoms with Crippen LogP contribution in [0.4, 0.5) is 0 Å². The van der Waals surface area contributed by atoms with E-state index >= 15 is 0 Å². The van der Waals surface area contributed by atoms with Crippen molar-refractivity contribution in [3.63, 3.8) is 0 Å². The third-order valence-corrected chi connectivity index (χ3v) is 3.77. The van der Waals surface area contributed by atoms with E-state index in [0.29, 0.717) is 5.92 Å². The van der Waals surface area contributed by atoms with E-state index in [4.69, 9.17) is 0 Å². The van der Waals surface area contributed by atoms with Crippen LogP contribution in [0.25, 0.3) is 0 Å². The summed E-state index contributed by atoms with van der Waals surface area (Å²) in [6, 6.07) is 10.4. The average molecular weight is 295 g/mol. The van der Waals surface area contributed by atoms with Crippen LogP contribution >= 0.6 is 0 Å². The van der Waals surface area contributed by atoms with E-state index in [1.807, 2.05) is 30.6 Å². The summed E-state index contributed by atoms with van der Waals surface area (Å²) >= 11 is 0. The lowest BCUT2D eigenvalue weighted by Gasteiger charge is -2.15. The summed E-state index contributed by atoms with van der Waals surface area (Å²) in [5.41, 5.74) is 1.23. The number of imidazole rings is 1. The molecule has 5 heteroatoms. The number of aromatic nitrogens is 5. The molecule has 0 amide bonds. The summed E-state index contributed by atoms with van der Waals surface area (Å²) in [6.45, 7) is 6.39. The molecule has 2 aromatic heterocycles. The van der Waals surface area contributed by atoms with Crippen molar-refractivity contribution in [2.24, 2.45) is 0 Å². The van der Waals surface area contributed by atoms with Crippen LogP contribution in [0.2, 0.25) is 0 Å². The Labute approximate surface area is 130 Å². The van der Waals surface area contributed by atoms with Gasteiger partial charge in [0.1, 0.15) is 11.6 Å². The molecule has 0 fully saturated rings. The number of hydrogen-bond acceptors (Lipinski definition) is 3. The van der Waals surface area contributed by atoms with Crippen molar-refractivity contribution < 1.29 is 0 Å². The van der Waals surface area contributed by atoms with Gasteiger partial charge >= 0.3 is 0 Å². The van der Waals surface area contributed by atoms with E-state index in [1.54, 1.807) is 0 Å². The molecular formula is C17H21N5. The maximum Gasteiger partial charge on any atom is 0.173 e. The smallest absolute Gasteiger partial charge is 0.173 e. The molecule has 3 aromatic rings. The number of rotatable bonds is 5. The van der Waals surface area contributed by atoms with Crippen molar-refractivity contribution >= 4 is 0 Å². The molecule has 0 unspecified atom stereocenters. The monoisotopic (exact) mass is 295 g/mol. The standard InChI is InChI=1S/C17H21N5/c1-12(2)17-18-9-10-22(17)13(3)16-19-15(20-21-16)11-14-7-5-4-6-8-14/h4-10,12-13H,11H2,1-3H3,(H,19,20,21)/t13-/m1/s1. The van der Waals surface area contributed by atoms with Crippen molar-refractivity contribution in [3.8, 4) is 0 Å². The second-order valence-corrected chi connectivity index (χ2v) is 5.83. The zero-order valence-electron chi connectivity index (χ0n) is 13.2. The van der Waals surface area contributed by atoms with Crippen molar-refractivity contribution in [2.75, 3.05) is 0 Å². The first kappa shape index (κ1) is 14.5. The van der Waals surface area contributed by atoms with Crippen LogP contribution in [0.15, 0.2) is 42.7 Å². The molecule has 0 aliphatic rings. The van der Waals surface area contributed by atoms with Gasteiger partial charge in [-0.3, -0.25) is 5.10 Å². The second-order valence-electron chi connectivity index (χ2n) is 5.83. The van der Waals surface area contributed by atoms with Crippen molar-refractivity contribution in [2.45, 2.75) is 39.2 Å². The van der Waals surface area contributed by atoms with Gasteiger partial charge in [-0.05, 0) is 12.5 Å². The third-order valence-electron chi connectivity index (χ3n) is 3.77. The molecule has 0 spiro atoms. The van der Waals surface area contributed by atoms with Crippen LogP contribution in [0.5, 0.6) is 0 Å². The Balaban J connectivity index is 1.80. The lowest BCUT2D eigenvalue weighted by Crippen LogP contribution is -2.12. The zero-order valence-corrected chi connectivity index (χ0v) is 13.2. The van der Waals surface area contributed by atoms with Crippen LogP contribution in [-0.2, 0) is 6.42 Å². The van der Waals surface area contributed by atoms with Crippen LogP contribution < -0.4 is 0 Å². The highest BCUT2D eigenvalue weighted by Gasteiger charge is 2.18. The molecule has 0 aliphatic carbocycles.